The molecule has 0 aliphatic rings. The third-order valence-electron chi connectivity index (χ3n) is 4.80. The average Bonchev–Trinajstić information content (AvgIpc) is 3.31. The third-order valence-corrected chi connectivity index (χ3v) is 5.77. The van der Waals surface area contributed by atoms with Crippen molar-refractivity contribution in [3.8, 4) is 17.0 Å². The lowest BCUT2D eigenvalue weighted by Gasteiger charge is -2.09. The number of rotatable bonds is 7. The number of esters is 1. The Morgan fingerprint density at radius 1 is 1.16 bits per heavy atom. The van der Waals surface area contributed by atoms with Crippen molar-refractivity contribution in [2.75, 3.05) is 6.61 Å². The summed E-state index contributed by atoms with van der Waals surface area (Å²) in [5.74, 6) is -0.624. The van der Waals surface area contributed by atoms with Crippen molar-refractivity contribution in [1.82, 2.24) is 10.1 Å². The average molecular weight is 452 g/mol. The number of ether oxygens (including phenoxy) is 2. The minimum absolute atomic E-state index is 0.0205. The molecule has 164 valence electrons. The maximum Gasteiger partial charge on any atom is 0.339 e. The molecule has 0 aliphatic heterocycles. The van der Waals surface area contributed by atoms with Crippen LogP contribution in [0.5, 0.6) is 5.75 Å². The van der Waals surface area contributed by atoms with Crippen LogP contribution in [0.1, 0.15) is 31.4 Å². The van der Waals surface area contributed by atoms with E-state index in [1.807, 2.05) is 19.9 Å². The van der Waals surface area contributed by atoms with E-state index in [2.05, 4.69) is 10.1 Å². The third kappa shape index (κ3) is 4.47. The number of thiophene rings is 1. The molecular formula is C23H21N3O5S. The highest BCUT2D eigenvalue weighted by atomic mass is 32.1. The number of primary amides is 1. The van der Waals surface area contributed by atoms with Crippen LogP contribution in [0.15, 0.2) is 40.9 Å². The van der Waals surface area contributed by atoms with E-state index in [9.17, 15) is 9.59 Å². The van der Waals surface area contributed by atoms with Gasteiger partial charge in [0.2, 0.25) is 0 Å². The molecule has 0 bridgehead atoms. The van der Waals surface area contributed by atoms with E-state index in [1.54, 1.807) is 48.6 Å². The zero-order chi connectivity index (χ0) is 22.8. The Labute approximate surface area is 187 Å². The van der Waals surface area contributed by atoms with Crippen LogP contribution in [-0.2, 0) is 16.1 Å². The quantitative estimate of drug-likeness (QED) is 0.420. The standard InChI is InChI=1S/C23H21N3O5S/c1-12-7-17(14(3)32-12)19-9-18(21-13(2)26-31-22(21)25-19)23(28)30-10-15-5-4-6-16(8-15)29-11-20(24)27/h4-9H,10-11H2,1-3H3,(H2,24,27). The van der Waals surface area contributed by atoms with Crippen LogP contribution in [0.2, 0.25) is 0 Å². The number of hydrogen-bond acceptors (Lipinski definition) is 8. The summed E-state index contributed by atoms with van der Waals surface area (Å²) >= 11 is 1.66. The molecule has 4 aromatic rings. The van der Waals surface area contributed by atoms with Gasteiger partial charge in [-0.15, -0.1) is 11.3 Å². The molecule has 0 atom stereocenters. The molecule has 0 unspecified atom stereocenters. The van der Waals surface area contributed by atoms with E-state index in [1.165, 1.54) is 0 Å². The largest absolute Gasteiger partial charge is 0.484 e. The Kier molecular flexibility index (Phi) is 5.91. The molecule has 0 aliphatic carbocycles. The van der Waals surface area contributed by atoms with Crippen molar-refractivity contribution in [3.63, 3.8) is 0 Å². The Morgan fingerprint density at radius 3 is 2.69 bits per heavy atom. The molecule has 0 radical (unpaired) electrons. The number of nitrogens with zero attached hydrogens (tertiary/aromatic N) is 2. The zero-order valence-electron chi connectivity index (χ0n) is 17.8. The lowest BCUT2D eigenvalue weighted by Crippen LogP contribution is -2.20. The highest BCUT2D eigenvalue weighted by Crippen LogP contribution is 2.33. The highest BCUT2D eigenvalue weighted by molar-refractivity contribution is 7.12. The van der Waals surface area contributed by atoms with Gasteiger partial charge in [0, 0.05) is 15.3 Å². The Balaban J connectivity index is 1.61. The number of fused-ring (bicyclic) bond motifs is 1. The molecule has 32 heavy (non-hydrogen) atoms. The Morgan fingerprint density at radius 2 is 1.97 bits per heavy atom. The van der Waals surface area contributed by atoms with E-state index >= 15 is 0 Å². The number of carbonyl (C=O) groups is 2. The number of nitrogens with two attached hydrogens (primary N) is 1. The van der Waals surface area contributed by atoms with Gasteiger partial charge in [0.05, 0.1) is 22.3 Å². The number of carbonyl (C=O) groups excluding carboxylic acids is 2. The summed E-state index contributed by atoms with van der Waals surface area (Å²) < 4.78 is 16.2. The van der Waals surface area contributed by atoms with E-state index in [-0.39, 0.29) is 18.9 Å². The van der Waals surface area contributed by atoms with E-state index in [4.69, 9.17) is 19.7 Å². The fourth-order valence-corrected chi connectivity index (χ4v) is 4.32. The lowest BCUT2D eigenvalue weighted by atomic mass is 10.1. The first-order valence-corrected chi connectivity index (χ1v) is 10.6. The maximum atomic E-state index is 13.0. The molecule has 0 fully saturated rings. The summed E-state index contributed by atoms with van der Waals surface area (Å²) in [6.45, 7) is 5.58. The summed E-state index contributed by atoms with van der Waals surface area (Å²) in [6, 6.07) is 10.7. The monoisotopic (exact) mass is 451 g/mol. The minimum Gasteiger partial charge on any atom is -0.484 e. The van der Waals surface area contributed by atoms with Gasteiger partial charge in [0.15, 0.2) is 6.61 Å². The summed E-state index contributed by atoms with van der Waals surface area (Å²) in [6.07, 6.45) is 0. The molecule has 0 saturated carbocycles. The topological polar surface area (TPSA) is 118 Å². The van der Waals surface area contributed by atoms with Crippen LogP contribution in [0.4, 0.5) is 0 Å². The van der Waals surface area contributed by atoms with Crippen LogP contribution in [0.3, 0.4) is 0 Å². The van der Waals surface area contributed by atoms with Crippen molar-refractivity contribution in [3.05, 3.63) is 63.0 Å². The Hall–Kier alpha value is -3.72. The molecule has 3 aromatic heterocycles. The van der Waals surface area contributed by atoms with Crippen molar-refractivity contribution >= 4 is 34.3 Å². The van der Waals surface area contributed by atoms with Crippen molar-refractivity contribution < 1.29 is 23.6 Å². The van der Waals surface area contributed by atoms with Crippen molar-refractivity contribution in [2.24, 2.45) is 5.73 Å². The predicted molar refractivity (Wildman–Crippen MR) is 120 cm³/mol. The van der Waals surface area contributed by atoms with E-state index < -0.39 is 11.9 Å². The first-order valence-electron chi connectivity index (χ1n) is 9.83. The second-order valence-corrected chi connectivity index (χ2v) is 8.77. The van der Waals surface area contributed by atoms with Gasteiger partial charge in [-0.25, -0.2) is 9.78 Å². The molecule has 1 aromatic carbocycles. The normalized spacial score (nSPS) is 11.0. The van der Waals surface area contributed by atoms with Crippen LogP contribution in [-0.4, -0.2) is 28.6 Å². The van der Waals surface area contributed by atoms with Gasteiger partial charge in [-0.05, 0) is 50.6 Å². The fourth-order valence-electron chi connectivity index (χ4n) is 3.38. The number of aromatic nitrogens is 2. The molecular weight excluding hydrogens is 430 g/mol. The van der Waals surface area contributed by atoms with Crippen LogP contribution in [0, 0.1) is 20.8 Å². The van der Waals surface area contributed by atoms with Gasteiger partial charge in [-0.2, -0.15) is 0 Å². The molecule has 1 amide bonds. The number of amides is 1. The number of hydrogen-bond donors (Lipinski definition) is 1. The molecule has 9 heteroatoms. The molecule has 0 spiro atoms. The molecule has 8 nitrogen and oxygen atoms in total. The number of benzene rings is 1. The first kappa shape index (κ1) is 21.5. The Bertz CT molecular complexity index is 1320. The van der Waals surface area contributed by atoms with Crippen LogP contribution >= 0.6 is 11.3 Å². The predicted octanol–water partition coefficient (Wildman–Crippen LogP) is 4.10. The van der Waals surface area contributed by atoms with Gasteiger partial charge in [0.1, 0.15) is 12.4 Å². The summed E-state index contributed by atoms with van der Waals surface area (Å²) in [5, 5.41) is 4.50. The maximum absolute atomic E-state index is 13.0. The van der Waals surface area contributed by atoms with Crippen molar-refractivity contribution in [1.29, 1.82) is 0 Å². The van der Waals surface area contributed by atoms with Crippen LogP contribution in [0.25, 0.3) is 22.4 Å². The second-order valence-electron chi connectivity index (χ2n) is 7.31. The van der Waals surface area contributed by atoms with Gasteiger partial charge in [0.25, 0.3) is 11.6 Å². The molecule has 4 rings (SSSR count). The van der Waals surface area contributed by atoms with Gasteiger partial charge >= 0.3 is 5.97 Å². The summed E-state index contributed by atoms with van der Waals surface area (Å²) in [4.78, 5) is 30.8. The number of pyridine rings is 1. The summed E-state index contributed by atoms with van der Waals surface area (Å²) in [5.41, 5.74) is 8.57. The van der Waals surface area contributed by atoms with Crippen molar-refractivity contribution in [2.45, 2.75) is 27.4 Å². The van der Waals surface area contributed by atoms with Gasteiger partial charge in [-0.3, -0.25) is 4.79 Å². The minimum atomic E-state index is -0.570. The van der Waals surface area contributed by atoms with Gasteiger partial charge in [-0.1, -0.05) is 17.3 Å². The highest BCUT2D eigenvalue weighted by Gasteiger charge is 2.21. The first-order chi connectivity index (χ1) is 15.3. The molecule has 0 saturated heterocycles. The van der Waals surface area contributed by atoms with Crippen LogP contribution < -0.4 is 10.5 Å². The lowest BCUT2D eigenvalue weighted by molar-refractivity contribution is -0.119. The van der Waals surface area contributed by atoms with Gasteiger partial charge < -0.3 is 19.7 Å². The smallest absolute Gasteiger partial charge is 0.339 e. The SMILES string of the molecule is Cc1cc(-c2cc(C(=O)OCc3cccc(OCC(N)=O)c3)c3c(C)noc3n2)c(C)s1. The van der Waals surface area contributed by atoms with E-state index in [0.29, 0.717) is 33.7 Å². The second kappa shape index (κ2) is 8.80. The zero-order valence-corrected chi connectivity index (χ0v) is 18.6. The summed E-state index contributed by atoms with van der Waals surface area (Å²) in [7, 11) is 0. The fraction of sp³-hybridized carbons (Fsp3) is 0.217. The molecule has 2 N–H and O–H groups in total. The number of aryl methyl sites for hydroxylation is 3. The molecule has 3 heterocycles. The van der Waals surface area contributed by atoms with E-state index in [0.717, 1.165) is 15.3 Å².